The Bertz CT molecular complexity index is 364. The van der Waals surface area contributed by atoms with Crippen molar-refractivity contribution in [3.8, 4) is 0 Å². The van der Waals surface area contributed by atoms with E-state index < -0.39 is 5.60 Å². The number of nitrogens with two attached hydrogens (primary N) is 1. The van der Waals surface area contributed by atoms with Crippen molar-refractivity contribution < 1.29 is 5.11 Å². The highest BCUT2D eigenvalue weighted by molar-refractivity contribution is 7.12. The highest BCUT2D eigenvalue weighted by Gasteiger charge is 2.49. The van der Waals surface area contributed by atoms with Crippen LogP contribution in [-0.2, 0) is 5.60 Å². The van der Waals surface area contributed by atoms with E-state index in [0.717, 1.165) is 17.7 Å². The van der Waals surface area contributed by atoms with Gasteiger partial charge in [0.1, 0.15) is 5.60 Å². The van der Waals surface area contributed by atoms with Crippen LogP contribution in [0, 0.1) is 12.3 Å². The predicted octanol–water partition coefficient (Wildman–Crippen LogP) is 2.78. The zero-order chi connectivity index (χ0) is 11.8. The summed E-state index contributed by atoms with van der Waals surface area (Å²) in [5.74, 6) is 0. The third kappa shape index (κ3) is 1.71. The van der Waals surface area contributed by atoms with Crippen LogP contribution in [0.4, 0.5) is 0 Å². The SMILES string of the molecule is Cc1ccc(C(C)(O)C2(CN)CCCC2)s1. The van der Waals surface area contributed by atoms with Crippen molar-refractivity contribution in [2.24, 2.45) is 11.1 Å². The van der Waals surface area contributed by atoms with Crippen LogP contribution in [0.25, 0.3) is 0 Å². The second-order valence-electron chi connectivity index (χ2n) is 5.17. The molecule has 0 bridgehead atoms. The van der Waals surface area contributed by atoms with Crippen LogP contribution >= 0.6 is 11.3 Å². The molecular weight excluding hydrogens is 218 g/mol. The molecule has 1 heterocycles. The van der Waals surface area contributed by atoms with E-state index in [1.165, 1.54) is 17.7 Å². The normalized spacial score (nSPS) is 23.2. The lowest BCUT2D eigenvalue weighted by atomic mass is 9.70. The highest BCUT2D eigenvalue weighted by atomic mass is 32.1. The minimum atomic E-state index is -0.767. The molecule has 0 aliphatic heterocycles. The third-order valence-electron chi connectivity index (χ3n) is 4.20. The molecule has 0 saturated heterocycles. The molecule has 1 unspecified atom stereocenters. The van der Waals surface area contributed by atoms with E-state index in [-0.39, 0.29) is 5.41 Å². The van der Waals surface area contributed by atoms with Gasteiger partial charge in [0.15, 0.2) is 0 Å². The minimum Gasteiger partial charge on any atom is -0.384 e. The summed E-state index contributed by atoms with van der Waals surface area (Å²) in [6.45, 7) is 4.60. The first kappa shape index (κ1) is 12.1. The largest absolute Gasteiger partial charge is 0.384 e. The molecule has 2 nitrogen and oxygen atoms in total. The fraction of sp³-hybridized carbons (Fsp3) is 0.692. The third-order valence-corrected chi connectivity index (χ3v) is 5.42. The summed E-state index contributed by atoms with van der Waals surface area (Å²) in [4.78, 5) is 2.32. The van der Waals surface area contributed by atoms with E-state index >= 15 is 0 Å². The fourth-order valence-corrected chi connectivity index (χ4v) is 3.93. The topological polar surface area (TPSA) is 46.2 Å². The van der Waals surface area contributed by atoms with Crippen molar-refractivity contribution in [2.75, 3.05) is 6.54 Å². The number of rotatable bonds is 3. The Morgan fingerprint density at radius 1 is 1.44 bits per heavy atom. The van der Waals surface area contributed by atoms with Crippen LogP contribution in [-0.4, -0.2) is 11.7 Å². The first-order chi connectivity index (χ1) is 7.52. The van der Waals surface area contributed by atoms with Gasteiger partial charge in [-0.25, -0.2) is 0 Å². The standard InChI is InChI=1S/C13H21NOS/c1-10-5-6-11(16-10)12(2,15)13(9-14)7-3-4-8-13/h5-6,15H,3-4,7-9,14H2,1-2H3. The average molecular weight is 239 g/mol. The zero-order valence-corrected chi connectivity index (χ0v) is 10.9. The van der Waals surface area contributed by atoms with Crippen LogP contribution in [0.3, 0.4) is 0 Å². The lowest BCUT2D eigenvalue weighted by molar-refractivity contribution is -0.0664. The van der Waals surface area contributed by atoms with Crippen LogP contribution in [0.15, 0.2) is 12.1 Å². The van der Waals surface area contributed by atoms with E-state index in [4.69, 9.17) is 5.73 Å². The van der Waals surface area contributed by atoms with Crippen molar-refractivity contribution >= 4 is 11.3 Å². The zero-order valence-electron chi connectivity index (χ0n) is 10.1. The summed E-state index contributed by atoms with van der Waals surface area (Å²) in [5.41, 5.74) is 5.07. The maximum Gasteiger partial charge on any atom is 0.103 e. The van der Waals surface area contributed by atoms with Crippen LogP contribution in [0.1, 0.15) is 42.4 Å². The Labute approximate surface area is 101 Å². The Balaban J connectivity index is 2.36. The lowest BCUT2D eigenvalue weighted by Gasteiger charge is -2.41. The summed E-state index contributed by atoms with van der Waals surface area (Å²) in [5, 5.41) is 10.9. The summed E-state index contributed by atoms with van der Waals surface area (Å²) in [6.07, 6.45) is 4.48. The number of aliphatic hydroxyl groups is 1. The van der Waals surface area contributed by atoms with Gasteiger partial charge in [-0.2, -0.15) is 0 Å². The second kappa shape index (κ2) is 4.13. The maximum absolute atomic E-state index is 10.9. The van der Waals surface area contributed by atoms with Gasteiger partial charge in [0.25, 0.3) is 0 Å². The molecule has 0 amide bonds. The van der Waals surface area contributed by atoms with Gasteiger partial charge in [0.2, 0.25) is 0 Å². The van der Waals surface area contributed by atoms with E-state index in [9.17, 15) is 5.11 Å². The van der Waals surface area contributed by atoms with Gasteiger partial charge in [-0.05, 0) is 38.8 Å². The molecule has 1 aliphatic carbocycles. The molecule has 3 heteroatoms. The predicted molar refractivity (Wildman–Crippen MR) is 68.6 cm³/mol. The molecule has 3 N–H and O–H groups in total. The smallest absolute Gasteiger partial charge is 0.103 e. The quantitative estimate of drug-likeness (QED) is 0.852. The van der Waals surface area contributed by atoms with Gasteiger partial charge in [0.05, 0.1) is 0 Å². The van der Waals surface area contributed by atoms with Crippen molar-refractivity contribution in [1.29, 1.82) is 0 Å². The van der Waals surface area contributed by atoms with E-state index in [1.807, 2.05) is 6.92 Å². The minimum absolute atomic E-state index is 0.107. The highest BCUT2D eigenvalue weighted by Crippen LogP contribution is 2.51. The fourth-order valence-electron chi connectivity index (χ4n) is 2.90. The summed E-state index contributed by atoms with van der Waals surface area (Å²) >= 11 is 1.69. The summed E-state index contributed by atoms with van der Waals surface area (Å²) in [6, 6.07) is 4.13. The van der Waals surface area contributed by atoms with Crippen LogP contribution in [0.5, 0.6) is 0 Å². The molecule has 2 rings (SSSR count). The summed E-state index contributed by atoms with van der Waals surface area (Å²) < 4.78 is 0. The van der Waals surface area contributed by atoms with Crippen molar-refractivity contribution in [1.82, 2.24) is 0 Å². The second-order valence-corrected chi connectivity index (χ2v) is 6.46. The molecule has 16 heavy (non-hydrogen) atoms. The first-order valence-corrected chi connectivity index (χ1v) is 6.83. The van der Waals surface area contributed by atoms with Crippen molar-refractivity contribution in [3.63, 3.8) is 0 Å². The molecule has 1 saturated carbocycles. The van der Waals surface area contributed by atoms with Gasteiger partial charge in [0, 0.05) is 21.7 Å². The Hall–Kier alpha value is -0.380. The molecule has 1 fully saturated rings. The molecule has 1 atom stereocenters. The van der Waals surface area contributed by atoms with Gasteiger partial charge in [-0.3, -0.25) is 0 Å². The number of hydrogen-bond acceptors (Lipinski definition) is 3. The molecule has 1 aromatic rings. The Morgan fingerprint density at radius 2 is 2.06 bits per heavy atom. The molecule has 0 aromatic carbocycles. The molecule has 1 aromatic heterocycles. The average Bonchev–Trinajstić information content (AvgIpc) is 2.86. The van der Waals surface area contributed by atoms with Crippen molar-refractivity contribution in [3.05, 3.63) is 21.9 Å². The molecular formula is C13H21NOS. The summed E-state index contributed by atoms with van der Waals surface area (Å²) in [7, 11) is 0. The van der Waals surface area contributed by atoms with E-state index in [0.29, 0.717) is 6.54 Å². The Morgan fingerprint density at radius 3 is 2.50 bits per heavy atom. The van der Waals surface area contributed by atoms with Crippen molar-refractivity contribution in [2.45, 2.75) is 45.1 Å². The number of aryl methyl sites for hydroxylation is 1. The molecule has 1 aliphatic rings. The number of thiophene rings is 1. The molecule has 90 valence electrons. The Kier molecular flexibility index (Phi) is 3.12. The van der Waals surface area contributed by atoms with Crippen LogP contribution < -0.4 is 5.73 Å². The van der Waals surface area contributed by atoms with Crippen LogP contribution in [0.2, 0.25) is 0 Å². The molecule has 0 spiro atoms. The van der Waals surface area contributed by atoms with Gasteiger partial charge in [-0.1, -0.05) is 12.8 Å². The van der Waals surface area contributed by atoms with Gasteiger partial charge < -0.3 is 10.8 Å². The van der Waals surface area contributed by atoms with Gasteiger partial charge >= 0.3 is 0 Å². The lowest BCUT2D eigenvalue weighted by Crippen LogP contribution is -2.46. The van der Waals surface area contributed by atoms with Gasteiger partial charge in [-0.15, -0.1) is 11.3 Å². The monoisotopic (exact) mass is 239 g/mol. The van der Waals surface area contributed by atoms with E-state index in [1.54, 1.807) is 11.3 Å². The number of hydrogen-bond donors (Lipinski definition) is 2. The first-order valence-electron chi connectivity index (χ1n) is 6.01. The molecule has 0 radical (unpaired) electrons. The maximum atomic E-state index is 10.9. The van der Waals surface area contributed by atoms with E-state index in [2.05, 4.69) is 19.1 Å².